The highest BCUT2D eigenvalue weighted by Gasteiger charge is 2.28. The van der Waals surface area contributed by atoms with Gasteiger partial charge in [0.1, 0.15) is 0 Å². The van der Waals surface area contributed by atoms with Gasteiger partial charge in [0.2, 0.25) is 0 Å². The molecule has 1 heterocycles. The molecule has 0 aliphatic rings. The number of aliphatic imine (C=N–C) groups is 1. The van der Waals surface area contributed by atoms with Crippen LogP contribution in [0.5, 0.6) is 0 Å². The maximum atomic E-state index is 12.0. The molecule has 0 spiro atoms. The van der Waals surface area contributed by atoms with Gasteiger partial charge in [-0.05, 0) is 39.1 Å². The molecule has 21 heavy (non-hydrogen) atoms. The van der Waals surface area contributed by atoms with Crippen molar-refractivity contribution in [1.82, 2.24) is 10.6 Å². The summed E-state index contributed by atoms with van der Waals surface area (Å²) >= 11 is 1.66. The summed E-state index contributed by atoms with van der Waals surface area (Å²) in [4.78, 5) is 5.62. The first-order valence-electron chi connectivity index (χ1n) is 7.03. The van der Waals surface area contributed by atoms with Crippen molar-refractivity contribution in [2.75, 3.05) is 18.8 Å². The van der Waals surface area contributed by atoms with Crippen molar-refractivity contribution in [2.24, 2.45) is 4.99 Å². The number of rotatable bonds is 6. The third-order valence-electron chi connectivity index (χ3n) is 2.91. The second kappa shape index (κ2) is 7.79. The highest BCUT2D eigenvalue weighted by Crippen LogP contribution is 2.15. The summed E-state index contributed by atoms with van der Waals surface area (Å²) in [6.45, 7) is 8.83. The normalized spacial score (nSPS) is 13.2. The molecule has 0 fully saturated rings. The average Bonchev–Trinajstić information content (AvgIpc) is 2.87. The maximum absolute atomic E-state index is 12.0. The Balaban J connectivity index is 2.54. The van der Waals surface area contributed by atoms with Crippen molar-refractivity contribution in [3.8, 4) is 0 Å². The maximum Gasteiger partial charge on any atom is 0.191 e. The minimum Gasteiger partial charge on any atom is -0.357 e. The molecule has 0 saturated heterocycles. The largest absolute Gasteiger partial charge is 0.357 e. The number of guanidine groups is 1. The first-order valence-corrected chi connectivity index (χ1v) is 9.56. The van der Waals surface area contributed by atoms with Crippen LogP contribution in [-0.4, -0.2) is 38.0 Å². The third-order valence-corrected chi connectivity index (χ3v) is 6.38. The van der Waals surface area contributed by atoms with Gasteiger partial charge in [0.25, 0.3) is 0 Å². The van der Waals surface area contributed by atoms with Gasteiger partial charge in [0.15, 0.2) is 15.8 Å². The van der Waals surface area contributed by atoms with Crippen LogP contribution >= 0.6 is 11.3 Å². The molecule has 0 bridgehead atoms. The lowest BCUT2D eigenvalue weighted by atomic mass is 10.3. The number of hydrogen-bond acceptors (Lipinski definition) is 4. The molecule has 1 rings (SSSR count). The summed E-state index contributed by atoms with van der Waals surface area (Å²) in [5.41, 5.74) is 0. The van der Waals surface area contributed by atoms with Crippen LogP contribution in [0.3, 0.4) is 0 Å². The van der Waals surface area contributed by atoms with Crippen molar-refractivity contribution in [3.63, 3.8) is 0 Å². The quantitative estimate of drug-likeness (QED) is 0.618. The van der Waals surface area contributed by atoms with Crippen LogP contribution in [0, 0.1) is 0 Å². The molecular weight excluding hydrogens is 306 g/mol. The molecule has 0 saturated carbocycles. The Morgan fingerprint density at radius 1 is 1.33 bits per heavy atom. The van der Waals surface area contributed by atoms with E-state index in [0.717, 1.165) is 6.54 Å². The van der Waals surface area contributed by atoms with Gasteiger partial charge in [0.05, 0.1) is 17.0 Å². The van der Waals surface area contributed by atoms with Gasteiger partial charge in [-0.15, -0.1) is 11.3 Å². The zero-order chi connectivity index (χ0) is 15.9. The molecule has 0 unspecified atom stereocenters. The standard InChI is InChI=1S/C14H25N3O2S2/c1-5-15-13(17-11-12-7-6-9-20-12)16-8-10-21(18,19)14(2,3)4/h6-7,9H,5,8,10-11H2,1-4H3,(H2,15,16,17). The van der Waals surface area contributed by atoms with E-state index in [2.05, 4.69) is 15.6 Å². The van der Waals surface area contributed by atoms with E-state index >= 15 is 0 Å². The summed E-state index contributed by atoms with van der Waals surface area (Å²) in [7, 11) is -3.11. The number of sulfone groups is 1. The van der Waals surface area contributed by atoms with Crippen LogP contribution in [-0.2, 0) is 16.4 Å². The lowest BCUT2D eigenvalue weighted by Crippen LogP contribution is -2.41. The van der Waals surface area contributed by atoms with Gasteiger partial charge in [-0.1, -0.05) is 6.07 Å². The fraction of sp³-hybridized carbons (Fsp3) is 0.643. The van der Waals surface area contributed by atoms with Crippen molar-refractivity contribution in [3.05, 3.63) is 22.4 Å². The minimum atomic E-state index is -3.11. The molecule has 7 heteroatoms. The number of thiophene rings is 1. The molecule has 0 radical (unpaired) electrons. The number of nitrogens with one attached hydrogen (secondary N) is 2. The second-order valence-electron chi connectivity index (χ2n) is 5.63. The van der Waals surface area contributed by atoms with Crippen LogP contribution in [0.15, 0.2) is 22.5 Å². The first kappa shape index (κ1) is 18.0. The topological polar surface area (TPSA) is 70.6 Å². The van der Waals surface area contributed by atoms with E-state index in [1.807, 2.05) is 24.4 Å². The van der Waals surface area contributed by atoms with Gasteiger partial charge in [-0.25, -0.2) is 13.4 Å². The highest BCUT2D eigenvalue weighted by molar-refractivity contribution is 7.92. The molecule has 2 N–H and O–H groups in total. The Morgan fingerprint density at radius 2 is 2.05 bits per heavy atom. The molecule has 0 aliphatic heterocycles. The Hall–Kier alpha value is -1.08. The monoisotopic (exact) mass is 331 g/mol. The zero-order valence-electron chi connectivity index (χ0n) is 13.1. The number of hydrogen-bond donors (Lipinski definition) is 2. The van der Waals surface area contributed by atoms with Crippen molar-refractivity contribution < 1.29 is 8.42 Å². The van der Waals surface area contributed by atoms with Crippen LogP contribution < -0.4 is 10.6 Å². The SMILES string of the molecule is CCNC(=NCc1cccs1)NCCS(=O)(=O)C(C)(C)C. The Morgan fingerprint density at radius 3 is 2.57 bits per heavy atom. The van der Waals surface area contributed by atoms with Crippen molar-refractivity contribution in [1.29, 1.82) is 0 Å². The lowest BCUT2D eigenvalue weighted by Gasteiger charge is -2.19. The van der Waals surface area contributed by atoms with Gasteiger partial charge in [0, 0.05) is 18.0 Å². The van der Waals surface area contributed by atoms with E-state index in [9.17, 15) is 8.42 Å². The minimum absolute atomic E-state index is 0.0971. The van der Waals surface area contributed by atoms with Crippen molar-refractivity contribution in [2.45, 2.75) is 39.0 Å². The van der Waals surface area contributed by atoms with Gasteiger partial charge >= 0.3 is 0 Å². The molecule has 0 aromatic carbocycles. The average molecular weight is 332 g/mol. The van der Waals surface area contributed by atoms with Gasteiger partial charge in [-0.2, -0.15) is 0 Å². The van der Waals surface area contributed by atoms with E-state index in [4.69, 9.17) is 0 Å². The van der Waals surface area contributed by atoms with Crippen LogP contribution in [0.2, 0.25) is 0 Å². The van der Waals surface area contributed by atoms with E-state index < -0.39 is 14.6 Å². The Bertz CT molecular complexity index is 543. The molecule has 0 aliphatic carbocycles. The Kier molecular flexibility index (Phi) is 6.67. The zero-order valence-corrected chi connectivity index (χ0v) is 14.8. The van der Waals surface area contributed by atoms with Gasteiger partial charge in [-0.3, -0.25) is 0 Å². The summed E-state index contributed by atoms with van der Waals surface area (Å²) in [6.07, 6.45) is 0. The molecule has 0 amide bonds. The lowest BCUT2D eigenvalue weighted by molar-refractivity contribution is 0.559. The molecule has 0 atom stereocenters. The van der Waals surface area contributed by atoms with Gasteiger partial charge < -0.3 is 10.6 Å². The fourth-order valence-corrected chi connectivity index (χ4v) is 3.12. The predicted molar refractivity (Wildman–Crippen MR) is 90.7 cm³/mol. The smallest absolute Gasteiger partial charge is 0.191 e. The molecule has 120 valence electrons. The van der Waals surface area contributed by atoms with E-state index in [1.165, 1.54) is 4.88 Å². The first-order chi connectivity index (χ1) is 9.76. The Labute approximate surface area is 131 Å². The summed E-state index contributed by atoms with van der Waals surface area (Å²) in [6, 6.07) is 4.02. The fourth-order valence-electron chi connectivity index (χ4n) is 1.51. The summed E-state index contributed by atoms with van der Waals surface area (Å²) < 4.78 is 23.4. The second-order valence-corrected chi connectivity index (χ2v) is 9.53. The van der Waals surface area contributed by atoms with Crippen LogP contribution in [0.4, 0.5) is 0 Å². The molecular formula is C14H25N3O2S2. The molecule has 1 aromatic heterocycles. The number of nitrogens with zero attached hydrogens (tertiary/aromatic N) is 1. The van der Waals surface area contributed by atoms with E-state index in [0.29, 0.717) is 19.0 Å². The predicted octanol–water partition coefficient (Wildman–Crippen LogP) is 2.02. The molecule has 5 nitrogen and oxygen atoms in total. The highest BCUT2D eigenvalue weighted by atomic mass is 32.2. The van der Waals surface area contributed by atoms with E-state index in [-0.39, 0.29) is 5.75 Å². The van der Waals surface area contributed by atoms with Crippen molar-refractivity contribution >= 4 is 27.1 Å². The van der Waals surface area contributed by atoms with Crippen LogP contribution in [0.1, 0.15) is 32.6 Å². The van der Waals surface area contributed by atoms with E-state index in [1.54, 1.807) is 32.1 Å². The third kappa shape index (κ3) is 6.05. The summed E-state index contributed by atoms with van der Waals surface area (Å²) in [5.74, 6) is 0.745. The van der Waals surface area contributed by atoms with Crippen LogP contribution in [0.25, 0.3) is 0 Å². The summed E-state index contributed by atoms with van der Waals surface area (Å²) in [5, 5.41) is 8.21. The molecule has 1 aromatic rings.